The summed E-state index contributed by atoms with van der Waals surface area (Å²) in [6.45, 7) is 2.02. The number of likely N-dealkylation sites (tertiary alicyclic amines) is 1. The third-order valence-electron chi connectivity index (χ3n) is 4.38. The summed E-state index contributed by atoms with van der Waals surface area (Å²) in [5, 5.41) is 12.2. The fraction of sp³-hybridized carbons (Fsp3) is 0.846. The fourth-order valence-electron chi connectivity index (χ4n) is 3.07. The molecule has 2 fully saturated rings. The van der Waals surface area contributed by atoms with Crippen LogP contribution in [0.4, 0.5) is 0 Å². The topological polar surface area (TPSA) is 69.6 Å². The molecule has 102 valence electrons. The van der Waals surface area contributed by atoms with E-state index in [1.54, 1.807) is 0 Å². The molecule has 5 heteroatoms. The minimum atomic E-state index is -0.760. The van der Waals surface area contributed by atoms with Crippen LogP contribution in [0.25, 0.3) is 0 Å². The molecule has 1 saturated carbocycles. The predicted molar refractivity (Wildman–Crippen MR) is 67.2 cm³/mol. The second-order valence-corrected chi connectivity index (χ2v) is 5.76. The minimum Gasteiger partial charge on any atom is -0.481 e. The Morgan fingerprint density at radius 2 is 2.06 bits per heavy atom. The summed E-state index contributed by atoms with van der Waals surface area (Å²) in [6.07, 6.45) is 4.16. The van der Waals surface area contributed by atoms with Gasteiger partial charge in [0.15, 0.2) is 0 Å². The summed E-state index contributed by atoms with van der Waals surface area (Å²) in [5.74, 6) is -0.710. The van der Waals surface area contributed by atoms with Crippen molar-refractivity contribution in [3.63, 3.8) is 0 Å². The second-order valence-electron chi connectivity index (χ2n) is 5.76. The van der Waals surface area contributed by atoms with E-state index in [2.05, 4.69) is 10.2 Å². The van der Waals surface area contributed by atoms with E-state index in [9.17, 15) is 14.7 Å². The summed E-state index contributed by atoms with van der Waals surface area (Å²) >= 11 is 0. The molecule has 0 aromatic heterocycles. The van der Waals surface area contributed by atoms with Gasteiger partial charge in [-0.25, -0.2) is 0 Å². The Hall–Kier alpha value is -1.10. The largest absolute Gasteiger partial charge is 0.481 e. The maximum absolute atomic E-state index is 12.0. The number of nitrogens with one attached hydrogen (secondary N) is 1. The number of aliphatic carboxylic acids is 1. The van der Waals surface area contributed by atoms with Gasteiger partial charge in [0.1, 0.15) is 0 Å². The normalized spacial score (nSPS) is 27.3. The smallest absolute Gasteiger partial charge is 0.311 e. The van der Waals surface area contributed by atoms with Gasteiger partial charge in [0, 0.05) is 13.1 Å². The molecule has 1 saturated heterocycles. The van der Waals surface area contributed by atoms with Gasteiger partial charge in [0.05, 0.1) is 11.3 Å². The molecule has 1 aliphatic heterocycles. The van der Waals surface area contributed by atoms with E-state index in [0.717, 1.165) is 32.4 Å². The first-order valence-electron chi connectivity index (χ1n) is 6.73. The molecule has 5 nitrogen and oxygen atoms in total. The highest BCUT2D eigenvalue weighted by Gasteiger charge is 2.42. The van der Waals surface area contributed by atoms with E-state index in [-0.39, 0.29) is 11.8 Å². The SMILES string of the molecule is CN1CCC(C(=O)NCC2(C(=O)O)CCCC2)C1. The molecule has 18 heavy (non-hydrogen) atoms. The summed E-state index contributed by atoms with van der Waals surface area (Å²) < 4.78 is 0. The van der Waals surface area contributed by atoms with Crippen molar-refractivity contribution >= 4 is 11.9 Å². The summed E-state index contributed by atoms with van der Waals surface area (Å²) in [4.78, 5) is 25.5. The number of carboxylic acid groups (broad SMARTS) is 1. The molecule has 1 unspecified atom stereocenters. The molecule has 1 atom stereocenters. The Morgan fingerprint density at radius 3 is 2.56 bits per heavy atom. The average Bonchev–Trinajstić information content (AvgIpc) is 2.95. The van der Waals surface area contributed by atoms with Gasteiger partial charge in [-0.15, -0.1) is 0 Å². The molecular weight excluding hydrogens is 232 g/mol. The van der Waals surface area contributed by atoms with E-state index in [1.165, 1.54) is 0 Å². The van der Waals surface area contributed by atoms with E-state index in [4.69, 9.17) is 0 Å². The highest BCUT2D eigenvalue weighted by atomic mass is 16.4. The van der Waals surface area contributed by atoms with Crippen LogP contribution in [0.5, 0.6) is 0 Å². The maximum Gasteiger partial charge on any atom is 0.311 e. The Balaban J connectivity index is 1.86. The molecule has 2 rings (SSSR count). The van der Waals surface area contributed by atoms with Crippen LogP contribution >= 0.6 is 0 Å². The lowest BCUT2D eigenvalue weighted by Crippen LogP contribution is -2.43. The number of nitrogens with zero attached hydrogens (tertiary/aromatic N) is 1. The molecule has 1 amide bonds. The van der Waals surface area contributed by atoms with Gasteiger partial charge in [0.25, 0.3) is 0 Å². The molecule has 1 heterocycles. The zero-order valence-electron chi connectivity index (χ0n) is 10.9. The third-order valence-corrected chi connectivity index (χ3v) is 4.38. The van der Waals surface area contributed by atoms with Crippen molar-refractivity contribution in [2.45, 2.75) is 32.1 Å². The first kappa shape index (κ1) is 13.3. The summed E-state index contributed by atoms with van der Waals surface area (Å²) in [5.41, 5.74) is -0.708. The summed E-state index contributed by atoms with van der Waals surface area (Å²) in [6, 6.07) is 0. The Morgan fingerprint density at radius 1 is 1.39 bits per heavy atom. The molecule has 0 radical (unpaired) electrons. The molecule has 2 aliphatic rings. The van der Waals surface area contributed by atoms with Gasteiger partial charge in [-0.3, -0.25) is 9.59 Å². The lowest BCUT2D eigenvalue weighted by Gasteiger charge is -2.24. The molecule has 0 aromatic rings. The van der Waals surface area contributed by atoms with Gasteiger partial charge in [0.2, 0.25) is 5.91 Å². The zero-order chi connectivity index (χ0) is 13.2. The predicted octanol–water partition coefficient (Wildman–Crippen LogP) is 0.699. The van der Waals surface area contributed by atoms with Crippen LogP contribution < -0.4 is 5.32 Å². The van der Waals surface area contributed by atoms with Crippen LogP contribution in [-0.4, -0.2) is 48.6 Å². The summed E-state index contributed by atoms with van der Waals surface area (Å²) in [7, 11) is 2.00. The van der Waals surface area contributed by atoms with Gasteiger partial charge >= 0.3 is 5.97 Å². The van der Waals surface area contributed by atoms with Gasteiger partial charge in [-0.2, -0.15) is 0 Å². The monoisotopic (exact) mass is 254 g/mol. The highest BCUT2D eigenvalue weighted by molar-refractivity contribution is 5.81. The molecule has 2 N–H and O–H groups in total. The highest BCUT2D eigenvalue weighted by Crippen LogP contribution is 2.37. The van der Waals surface area contributed by atoms with Crippen LogP contribution in [0.1, 0.15) is 32.1 Å². The van der Waals surface area contributed by atoms with Crippen molar-refractivity contribution < 1.29 is 14.7 Å². The van der Waals surface area contributed by atoms with E-state index >= 15 is 0 Å². The number of hydrogen-bond acceptors (Lipinski definition) is 3. The Bertz CT molecular complexity index is 337. The maximum atomic E-state index is 12.0. The van der Waals surface area contributed by atoms with Crippen molar-refractivity contribution in [1.29, 1.82) is 0 Å². The van der Waals surface area contributed by atoms with Gasteiger partial charge in [-0.1, -0.05) is 12.8 Å². The van der Waals surface area contributed by atoms with Crippen molar-refractivity contribution in [3.05, 3.63) is 0 Å². The Kier molecular flexibility index (Phi) is 3.90. The lowest BCUT2D eigenvalue weighted by molar-refractivity contribution is -0.148. The average molecular weight is 254 g/mol. The van der Waals surface area contributed by atoms with Crippen molar-refractivity contribution in [1.82, 2.24) is 10.2 Å². The van der Waals surface area contributed by atoms with Crippen LogP contribution in [0.3, 0.4) is 0 Å². The molecule has 1 aliphatic carbocycles. The number of carbonyl (C=O) groups is 2. The molecule has 0 aromatic carbocycles. The van der Waals surface area contributed by atoms with E-state index < -0.39 is 11.4 Å². The van der Waals surface area contributed by atoms with Crippen LogP contribution in [0.2, 0.25) is 0 Å². The van der Waals surface area contributed by atoms with Gasteiger partial charge < -0.3 is 15.3 Å². The van der Waals surface area contributed by atoms with Crippen LogP contribution in [-0.2, 0) is 9.59 Å². The lowest BCUT2D eigenvalue weighted by atomic mass is 9.86. The second kappa shape index (κ2) is 5.26. The minimum absolute atomic E-state index is 0.0203. The van der Waals surface area contributed by atoms with Crippen molar-refractivity contribution in [2.24, 2.45) is 11.3 Å². The van der Waals surface area contributed by atoms with E-state index in [0.29, 0.717) is 19.4 Å². The fourth-order valence-corrected chi connectivity index (χ4v) is 3.07. The number of rotatable bonds is 4. The number of hydrogen-bond donors (Lipinski definition) is 2. The van der Waals surface area contributed by atoms with Crippen molar-refractivity contribution in [3.8, 4) is 0 Å². The number of carbonyl (C=O) groups excluding carboxylic acids is 1. The van der Waals surface area contributed by atoms with Crippen LogP contribution in [0.15, 0.2) is 0 Å². The number of amides is 1. The van der Waals surface area contributed by atoms with Gasteiger partial charge in [-0.05, 0) is 32.9 Å². The molecular formula is C13H22N2O3. The van der Waals surface area contributed by atoms with Crippen molar-refractivity contribution in [2.75, 3.05) is 26.7 Å². The zero-order valence-corrected chi connectivity index (χ0v) is 10.9. The quantitative estimate of drug-likeness (QED) is 0.775. The standard InChI is InChI=1S/C13H22N2O3/c1-15-7-4-10(8-15)11(16)14-9-13(12(17)18)5-2-3-6-13/h10H,2-9H2,1H3,(H,14,16)(H,17,18). The first-order valence-corrected chi connectivity index (χ1v) is 6.73. The third kappa shape index (κ3) is 2.66. The van der Waals surface area contributed by atoms with E-state index in [1.807, 2.05) is 7.05 Å². The van der Waals surface area contributed by atoms with Crippen LogP contribution in [0, 0.1) is 11.3 Å². The Labute approximate surface area is 108 Å². The molecule has 0 spiro atoms. The number of carboxylic acids is 1. The first-order chi connectivity index (χ1) is 8.53. The molecule has 0 bridgehead atoms.